The van der Waals surface area contributed by atoms with E-state index < -0.39 is 0 Å². The lowest BCUT2D eigenvalue weighted by Gasteiger charge is -2.50. The molecule has 4 heterocycles. The van der Waals surface area contributed by atoms with E-state index in [-0.39, 0.29) is 11.0 Å². The molecule has 4 fully saturated rings. The van der Waals surface area contributed by atoms with Crippen LogP contribution in [-0.2, 0) is 0 Å². The molecule has 0 amide bonds. The maximum atomic E-state index is 4.28. The van der Waals surface area contributed by atoms with Crippen molar-refractivity contribution in [1.82, 2.24) is 24.7 Å². The van der Waals surface area contributed by atoms with E-state index in [0.29, 0.717) is 41.6 Å². The van der Waals surface area contributed by atoms with Crippen molar-refractivity contribution in [2.24, 2.45) is 23.2 Å². The first kappa shape index (κ1) is 33.5. The molecule has 0 radical (unpaired) electrons. The molecule has 0 spiro atoms. The van der Waals surface area contributed by atoms with Crippen LogP contribution in [-0.4, -0.2) is 69.6 Å². The van der Waals surface area contributed by atoms with Crippen molar-refractivity contribution in [3.05, 3.63) is 48.6 Å². The van der Waals surface area contributed by atoms with Crippen LogP contribution in [0.25, 0.3) is 0 Å². The van der Waals surface area contributed by atoms with Crippen molar-refractivity contribution in [3.8, 4) is 0 Å². The average Bonchev–Trinajstić information content (AvgIpc) is 3.26. The summed E-state index contributed by atoms with van der Waals surface area (Å²) in [6.45, 7) is 25.7. The zero-order chi connectivity index (χ0) is 30.8. The Kier molecular flexibility index (Phi) is 11.1. The molecule has 4 aliphatic heterocycles. The van der Waals surface area contributed by atoms with Gasteiger partial charge in [0, 0.05) is 49.7 Å². The molecule has 6 heteroatoms. The molecule has 4 aliphatic rings. The molecule has 242 valence electrons. The van der Waals surface area contributed by atoms with Gasteiger partial charge >= 0.3 is 0 Å². The van der Waals surface area contributed by atoms with E-state index in [1.165, 1.54) is 63.5 Å². The van der Waals surface area contributed by atoms with Crippen LogP contribution in [0.5, 0.6) is 0 Å². The highest BCUT2D eigenvalue weighted by molar-refractivity contribution is 7.97. The lowest BCUT2D eigenvalue weighted by molar-refractivity contribution is -0.000401. The average molecular weight is 610 g/mol. The Labute approximate surface area is 269 Å². The molecule has 43 heavy (non-hydrogen) atoms. The molecule has 4 saturated heterocycles. The van der Waals surface area contributed by atoms with Gasteiger partial charge in [-0.2, -0.15) is 0 Å². The van der Waals surface area contributed by atoms with Gasteiger partial charge < -0.3 is 0 Å². The van der Waals surface area contributed by atoms with Crippen LogP contribution in [0.1, 0.15) is 111 Å². The highest BCUT2D eigenvalue weighted by Crippen LogP contribution is 2.43. The van der Waals surface area contributed by atoms with E-state index in [2.05, 4.69) is 128 Å². The number of hydrogen-bond donors (Lipinski definition) is 2. The Hall–Kier alpha value is -0.890. The quantitative estimate of drug-likeness (QED) is 0.261. The second kappa shape index (κ2) is 14.3. The summed E-state index contributed by atoms with van der Waals surface area (Å²) in [7, 11) is 0. The van der Waals surface area contributed by atoms with Gasteiger partial charge in [0.1, 0.15) is 0 Å². The third kappa shape index (κ3) is 8.29. The van der Waals surface area contributed by atoms with E-state index in [4.69, 9.17) is 0 Å². The predicted octanol–water partition coefficient (Wildman–Crippen LogP) is 7.88. The summed E-state index contributed by atoms with van der Waals surface area (Å²) < 4.78 is 2.66. The first-order valence-electron chi connectivity index (χ1n) is 17.6. The minimum absolute atomic E-state index is 0.200. The molecule has 7 unspecified atom stereocenters. The van der Waals surface area contributed by atoms with Crippen LogP contribution >= 0.6 is 11.9 Å². The Morgan fingerprint density at radius 3 is 2.47 bits per heavy atom. The molecule has 0 saturated carbocycles. The topological polar surface area (TPSA) is 33.8 Å². The molecule has 0 aliphatic carbocycles. The minimum Gasteiger partial charge on any atom is -0.298 e. The van der Waals surface area contributed by atoms with Crippen molar-refractivity contribution < 1.29 is 0 Å². The fraction of sp³-hybridized carbons (Fsp3) is 0.784. The van der Waals surface area contributed by atoms with Crippen LogP contribution in [0.15, 0.2) is 43.0 Å². The van der Waals surface area contributed by atoms with Crippen molar-refractivity contribution >= 4 is 11.9 Å². The second-order valence-corrected chi connectivity index (χ2v) is 17.6. The normalized spacial score (nSPS) is 36.5. The summed E-state index contributed by atoms with van der Waals surface area (Å²) in [6, 6.07) is 12.5. The first-order chi connectivity index (χ1) is 20.4. The Morgan fingerprint density at radius 1 is 1.00 bits per heavy atom. The van der Waals surface area contributed by atoms with E-state index in [9.17, 15) is 0 Å². The number of hydrogen-bond acceptors (Lipinski definition) is 6. The Bertz CT molecular complexity index is 1020. The van der Waals surface area contributed by atoms with Crippen LogP contribution in [0.4, 0.5) is 0 Å². The number of piperidine rings is 2. The molecule has 5 rings (SSSR count). The van der Waals surface area contributed by atoms with Gasteiger partial charge in [-0.1, -0.05) is 83.0 Å². The van der Waals surface area contributed by atoms with Crippen LogP contribution in [0.2, 0.25) is 0 Å². The van der Waals surface area contributed by atoms with Crippen LogP contribution in [0, 0.1) is 23.2 Å². The fourth-order valence-corrected chi connectivity index (χ4v) is 10.1. The van der Waals surface area contributed by atoms with E-state index in [1.54, 1.807) is 0 Å². The zero-order valence-corrected chi connectivity index (χ0v) is 29.3. The number of benzene rings is 1. The van der Waals surface area contributed by atoms with Gasteiger partial charge in [-0.05, 0) is 88.0 Å². The molecule has 0 aromatic heterocycles. The van der Waals surface area contributed by atoms with Crippen molar-refractivity contribution in [2.45, 2.75) is 135 Å². The second-order valence-electron chi connectivity index (χ2n) is 16.3. The van der Waals surface area contributed by atoms with E-state index in [1.807, 2.05) is 0 Å². The third-order valence-electron chi connectivity index (χ3n) is 10.8. The molecule has 8 atom stereocenters. The minimum atomic E-state index is 0.200. The van der Waals surface area contributed by atoms with Crippen LogP contribution in [0.3, 0.4) is 0 Å². The fourth-order valence-electron chi connectivity index (χ4n) is 8.73. The number of nitrogens with one attached hydrogen (secondary N) is 2. The summed E-state index contributed by atoms with van der Waals surface area (Å²) in [5.74, 6) is 1.98. The van der Waals surface area contributed by atoms with Crippen molar-refractivity contribution in [1.29, 1.82) is 0 Å². The zero-order valence-electron chi connectivity index (χ0n) is 28.5. The highest BCUT2D eigenvalue weighted by atomic mass is 32.2. The van der Waals surface area contributed by atoms with Crippen molar-refractivity contribution in [2.75, 3.05) is 26.2 Å². The number of fused-ring (bicyclic) bond motifs is 6. The summed E-state index contributed by atoms with van der Waals surface area (Å²) in [5.41, 5.74) is 1.96. The van der Waals surface area contributed by atoms with E-state index >= 15 is 0 Å². The molecule has 5 nitrogen and oxygen atoms in total. The lowest BCUT2D eigenvalue weighted by Crippen LogP contribution is -2.64. The van der Waals surface area contributed by atoms with Crippen LogP contribution < -0.4 is 10.6 Å². The predicted molar refractivity (Wildman–Crippen MR) is 186 cm³/mol. The summed E-state index contributed by atoms with van der Waals surface area (Å²) in [6.07, 6.45) is 13.1. The smallest absolute Gasteiger partial charge is 0.0693 e. The maximum absolute atomic E-state index is 4.28. The highest BCUT2D eigenvalue weighted by Gasteiger charge is 2.48. The largest absolute Gasteiger partial charge is 0.298 e. The molecular formula is C37H63N5S. The summed E-state index contributed by atoms with van der Waals surface area (Å²) in [4.78, 5) is 5.79. The SMILES string of the molecule is C=CCN1CC2CCC(C(C)(C)C)NC2N2C[C@@H](CCC(c3ccccc3)N(CC(C)C)C3CCCC(N3)S1)CC2(C)C. The first-order valence-corrected chi connectivity index (χ1v) is 18.4. The van der Waals surface area contributed by atoms with Gasteiger partial charge in [-0.15, -0.1) is 6.58 Å². The van der Waals surface area contributed by atoms with Gasteiger partial charge in [0.15, 0.2) is 0 Å². The molecule has 1 aromatic carbocycles. The number of nitrogens with zero attached hydrogens (tertiary/aromatic N) is 3. The third-order valence-corrected chi connectivity index (χ3v) is 12.0. The lowest BCUT2D eigenvalue weighted by atomic mass is 9.78. The van der Waals surface area contributed by atoms with Gasteiger partial charge in [0.25, 0.3) is 0 Å². The maximum Gasteiger partial charge on any atom is 0.0693 e. The van der Waals surface area contributed by atoms with Gasteiger partial charge in [-0.25, -0.2) is 4.31 Å². The van der Waals surface area contributed by atoms with Gasteiger partial charge in [0.2, 0.25) is 0 Å². The summed E-state index contributed by atoms with van der Waals surface area (Å²) >= 11 is 2.08. The molecular weight excluding hydrogens is 547 g/mol. The monoisotopic (exact) mass is 609 g/mol. The van der Waals surface area contributed by atoms with Gasteiger partial charge in [0.05, 0.1) is 17.7 Å². The van der Waals surface area contributed by atoms with Crippen molar-refractivity contribution in [3.63, 3.8) is 0 Å². The molecule has 1 aromatic rings. The Morgan fingerprint density at radius 2 is 1.77 bits per heavy atom. The Balaban J connectivity index is 1.51. The van der Waals surface area contributed by atoms with Gasteiger partial charge in [-0.3, -0.25) is 20.4 Å². The number of rotatable bonds is 5. The molecule has 4 bridgehead atoms. The molecule has 2 N–H and O–H groups in total. The van der Waals surface area contributed by atoms with E-state index in [0.717, 1.165) is 25.6 Å². The standard InChI is InChI=1S/C37H63N5S/c1-9-22-40-26-30-19-21-32(36(4,5)6)38-35(30)42-25-28(23-37(42,7)8)18-20-31(29-14-11-10-12-15-29)41(24-27(2)3)33-16-13-17-34(39-33)43-40/h9-12,14-15,27-28,30-35,38-39H,1,13,16-26H2,2-8H3/t28-,30?,31?,32?,33?,34?,35?/m0/s1. The summed E-state index contributed by atoms with van der Waals surface area (Å²) in [5, 5.41) is 8.92.